The first kappa shape index (κ1) is 33.4. The van der Waals surface area contributed by atoms with Crippen molar-refractivity contribution < 1.29 is 0 Å². The lowest BCUT2D eigenvalue weighted by Gasteiger charge is -2.11. The van der Waals surface area contributed by atoms with E-state index in [4.69, 9.17) is 15.0 Å². The molecule has 11 rings (SSSR count). The molecule has 0 unspecified atom stereocenters. The predicted octanol–water partition coefficient (Wildman–Crippen LogP) is 12.7. The molecule has 6 aromatic heterocycles. The Bertz CT molecular complexity index is 3290. The molecule has 6 heteroatoms. The molecule has 270 valence electrons. The third kappa shape index (κ3) is 6.19. The molecule has 0 aliphatic carbocycles. The number of nitrogens with zero attached hydrogens (tertiary/aromatic N) is 6. The first-order chi connectivity index (χ1) is 28.7. The maximum Gasteiger partial charge on any atom is 0.0972 e. The van der Waals surface area contributed by atoms with Crippen molar-refractivity contribution in [3.63, 3.8) is 0 Å². The summed E-state index contributed by atoms with van der Waals surface area (Å²) in [7, 11) is 0. The largest absolute Gasteiger partial charge is 0.256 e. The van der Waals surface area contributed by atoms with Crippen LogP contribution in [0.4, 0.5) is 0 Å². The summed E-state index contributed by atoms with van der Waals surface area (Å²) in [5, 5.41) is 4.31. The minimum absolute atomic E-state index is 0.892. The molecule has 0 saturated carbocycles. The summed E-state index contributed by atoms with van der Waals surface area (Å²) in [4.78, 5) is 29.3. The van der Waals surface area contributed by atoms with Gasteiger partial charge in [0, 0.05) is 68.0 Å². The highest BCUT2D eigenvalue weighted by Crippen LogP contribution is 2.34. The molecule has 0 N–H and O–H groups in total. The van der Waals surface area contributed by atoms with Gasteiger partial charge >= 0.3 is 0 Å². The minimum atomic E-state index is 0.892. The second-order valence-electron chi connectivity index (χ2n) is 14.4. The van der Waals surface area contributed by atoms with Crippen LogP contribution in [0.5, 0.6) is 0 Å². The molecule has 0 aliphatic heterocycles. The lowest BCUT2D eigenvalue weighted by molar-refractivity contribution is 1.31. The SMILES string of the molecule is c1ccc(-c2cc(-c3ccccn3)cc(-c3ccc4cc(-c5ccc6ccc(-c7cccc(-c8ccc9ccc%10cccnc%10c9n8)c7)nc6c5)ccc4n3)c2)nc1. The van der Waals surface area contributed by atoms with Crippen LogP contribution in [0.2, 0.25) is 0 Å². The van der Waals surface area contributed by atoms with Crippen molar-refractivity contribution in [1.82, 2.24) is 29.9 Å². The fourth-order valence-corrected chi connectivity index (χ4v) is 7.78. The second-order valence-corrected chi connectivity index (χ2v) is 14.4. The van der Waals surface area contributed by atoms with E-state index in [-0.39, 0.29) is 0 Å². The maximum absolute atomic E-state index is 5.17. The summed E-state index contributed by atoms with van der Waals surface area (Å²) in [5.41, 5.74) is 15.5. The van der Waals surface area contributed by atoms with Gasteiger partial charge in [0.05, 0.1) is 50.5 Å². The molecule has 0 aliphatic rings. The zero-order valence-electron chi connectivity index (χ0n) is 31.2. The maximum atomic E-state index is 5.17. The number of rotatable bonds is 6. The quantitative estimate of drug-likeness (QED) is 0.158. The van der Waals surface area contributed by atoms with Gasteiger partial charge < -0.3 is 0 Å². The Kier molecular flexibility index (Phi) is 8.04. The molecule has 11 aromatic rings. The van der Waals surface area contributed by atoms with Crippen LogP contribution in [0, 0.1) is 0 Å². The molecule has 0 amide bonds. The Hall–Kier alpha value is -7.96. The highest BCUT2D eigenvalue weighted by atomic mass is 14.8. The van der Waals surface area contributed by atoms with Crippen LogP contribution in [0.1, 0.15) is 0 Å². The Morgan fingerprint density at radius 2 is 0.776 bits per heavy atom. The minimum Gasteiger partial charge on any atom is -0.256 e. The summed E-state index contributed by atoms with van der Waals surface area (Å²) < 4.78 is 0. The number of hydrogen-bond acceptors (Lipinski definition) is 6. The lowest BCUT2D eigenvalue weighted by Crippen LogP contribution is -1.91. The third-order valence-electron chi connectivity index (χ3n) is 10.8. The summed E-state index contributed by atoms with van der Waals surface area (Å²) >= 11 is 0. The third-order valence-corrected chi connectivity index (χ3v) is 10.8. The standard InChI is InChI=1S/C52H32N6/c1-3-24-53-44(10-1)41-29-42(45-11-2-4-25-54-45)31-43(30-41)49-23-19-40-27-36(18-22-47(40)56-49)37-15-12-33-16-20-46(57-50(33)32-37)38-7-5-8-39(28-38)48-21-17-35-14-13-34-9-6-26-55-51(34)52(35)58-48/h1-32H. The van der Waals surface area contributed by atoms with E-state index < -0.39 is 0 Å². The molecule has 0 saturated heterocycles. The Labute approximate surface area is 334 Å². The second kappa shape index (κ2) is 14.0. The van der Waals surface area contributed by atoms with Crippen molar-refractivity contribution in [2.45, 2.75) is 0 Å². The molecule has 6 heterocycles. The average molecular weight is 741 g/mol. The lowest BCUT2D eigenvalue weighted by atomic mass is 9.98. The fourth-order valence-electron chi connectivity index (χ4n) is 7.78. The van der Waals surface area contributed by atoms with Crippen molar-refractivity contribution in [2.24, 2.45) is 0 Å². The molecule has 0 fully saturated rings. The molecule has 0 spiro atoms. The first-order valence-corrected chi connectivity index (χ1v) is 19.2. The van der Waals surface area contributed by atoms with Gasteiger partial charge in [0.25, 0.3) is 0 Å². The van der Waals surface area contributed by atoms with Crippen LogP contribution in [0.3, 0.4) is 0 Å². The molecular formula is C52H32N6. The van der Waals surface area contributed by atoms with E-state index in [1.807, 2.05) is 61.1 Å². The van der Waals surface area contributed by atoms with Crippen molar-refractivity contribution >= 4 is 43.6 Å². The average Bonchev–Trinajstić information content (AvgIpc) is 3.31. The molecule has 58 heavy (non-hydrogen) atoms. The van der Waals surface area contributed by atoms with Crippen LogP contribution in [-0.4, -0.2) is 29.9 Å². The van der Waals surface area contributed by atoms with E-state index in [1.165, 1.54) is 0 Å². The normalized spacial score (nSPS) is 11.4. The van der Waals surface area contributed by atoms with Gasteiger partial charge in [-0.15, -0.1) is 0 Å². The number of benzene rings is 5. The zero-order valence-corrected chi connectivity index (χ0v) is 31.2. The number of hydrogen-bond donors (Lipinski definition) is 0. The smallest absolute Gasteiger partial charge is 0.0972 e. The monoisotopic (exact) mass is 740 g/mol. The molecule has 6 nitrogen and oxygen atoms in total. The number of fused-ring (bicyclic) bond motifs is 5. The number of aromatic nitrogens is 6. The summed E-state index contributed by atoms with van der Waals surface area (Å²) in [5.74, 6) is 0. The molecule has 5 aromatic carbocycles. The van der Waals surface area contributed by atoms with Crippen LogP contribution < -0.4 is 0 Å². The molecule has 0 atom stereocenters. The van der Waals surface area contributed by atoms with E-state index in [1.54, 1.807) is 0 Å². The van der Waals surface area contributed by atoms with Crippen molar-refractivity contribution in [1.29, 1.82) is 0 Å². The zero-order chi connectivity index (χ0) is 38.4. The summed E-state index contributed by atoms with van der Waals surface area (Å²) in [6.07, 6.45) is 5.47. The van der Waals surface area contributed by atoms with Crippen LogP contribution in [0.15, 0.2) is 195 Å². The highest BCUT2D eigenvalue weighted by molar-refractivity contribution is 6.03. The highest BCUT2D eigenvalue weighted by Gasteiger charge is 2.13. The van der Waals surface area contributed by atoms with E-state index in [2.05, 4.69) is 148 Å². The topological polar surface area (TPSA) is 77.3 Å². The van der Waals surface area contributed by atoms with E-state index >= 15 is 0 Å². The van der Waals surface area contributed by atoms with Gasteiger partial charge in [-0.3, -0.25) is 15.0 Å². The molecule has 0 bridgehead atoms. The molecule has 0 radical (unpaired) electrons. The first-order valence-electron chi connectivity index (χ1n) is 19.2. The number of pyridine rings is 6. The van der Waals surface area contributed by atoms with Gasteiger partial charge in [0.2, 0.25) is 0 Å². The fraction of sp³-hybridized carbons (Fsp3) is 0. The van der Waals surface area contributed by atoms with E-state index in [9.17, 15) is 0 Å². The van der Waals surface area contributed by atoms with Gasteiger partial charge in [-0.25, -0.2) is 15.0 Å². The summed E-state index contributed by atoms with van der Waals surface area (Å²) in [6.45, 7) is 0. The van der Waals surface area contributed by atoms with Crippen LogP contribution in [0.25, 0.3) is 111 Å². The summed E-state index contributed by atoms with van der Waals surface area (Å²) in [6, 6.07) is 60.7. The predicted molar refractivity (Wildman–Crippen MR) is 236 cm³/mol. The van der Waals surface area contributed by atoms with Gasteiger partial charge in [-0.1, -0.05) is 84.9 Å². The van der Waals surface area contributed by atoms with E-state index in [0.717, 1.165) is 111 Å². The Morgan fingerprint density at radius 3 is 1.50 bits per heavy atom. The Morgan fingerprint density at radius 1 is 0.241 bits per heavy atom. The Balaban J connectivity index is 0.913. The van der Waals surface area contributed by atoms with Gasteiger partial charge in [-0.05, 0) is 102 Å². The molecular weight excluding hydrogens is 709 g/mol. The van der Waals surface area contributed by atoms with Gasteiger partial charge in [0.1, 0.15) is 0 Å². The van der Waals surface area contributed by atoms with Crippen LogP contribution >= 0.6 is 0 Å². The van der Waals surface area contributed by atoms with Crippen molar-refractivity contribution in [3.05, 3.63) is 195 Å². The van der Waals surface area contributed by atoms with E-state index in [0.29, 0.717) is 0 Å². The van der Waals surface area contributed by atoms with Crippen molar-refractivity contribution in [3.8, 4) is 67.4 Å². The van der Waals surface area contributed by atoms with Crippen LogP contribution in [-0.2, 0) is 0 Å². The van der Waals surface area contributed by atoms with Gasteiger partial charge in [0.15, 0.2) is 0 Å². The van der Waals surface area contributed by atoms with Gasteiger partial charge in [-0.2, -0.15) is 0 Å². The van der Waals surface area contributed by atoms with Crippen molar-refractivity contribution in [2.75, 3.05) is 0 Å².